The Morgan fingerprint density at radius 2 is 1.93 bits per heavy atom. The summed E-state index contributed by atoms with van der Waals surface area (Å²) >= 11 is 0. The minimum absolute atomic E-state index is 0.140. The Hall–Kier alpha value is -2.77. The summed E-state index contributed by atoms with van der Waals surface area (Å²) in [6, 6.07) is 8.33. The third-order valence-electron chi connectivity index (χ3n) is 4.43. The number of ether oxygens (including phenoxy) is 2. The molecule has 0 bridgehead atoms. The fraction of sp³-hybridized carbons (Fsp3) is 0.368. The topological polar surface area (TPSA) is 70.3 Å². The maximum atomic E-state index is 13.9. The maximum absolute atomic E-state index is 13.9. The summed E-state index contributed by atoms with van der Waals surface area (Å²) in [4.78, 5) is 7.43. The van der Waals surface area contributed by atoms with Gasteiger partial charge in [-0.05, 0) is 54.5 Å². The van der Waals surface area contributed by atoms with Gasteiger partial charge in [-0.3, -0.25) is 0 Å². The Balaban J connectivity index is 2.05. The fourth-order valence-corrected chi connectivity index (χ4v) is 3.24. The highest BCUT2D eigenvalue weighted by molar-refractivity contribution is 5.71. The minimum Gasteiger partial charge on any atom is -0.497 e. The summed E-state index contributed by atoms with van der Waals surface area (Å²) in [5.74, 6) is 0.255. The Labute approximate surface area is 155 Å². The molecule has 0 aliphatic heterocycles. The van der Waals surface area contributed by atoms with Crippen LogP contribution >= 0.6 is 0 Å². The SMILES string of the molecule is COc1cccc(C2=C(C(Oc3ccnc(N)n3)C(F)(F)F)CCCC2)c1. The number of benzene rings is 1. The third-order valence-corrected chi connectivity index (χ3v) is 4.43. The van der Waals surface area contributed by atoms with Crippen LogP contribution in [0.25, 0.3) is 5.57 Å². The van der Waals surface area contributed by atoms with E-state index < -0.39 is 12.3 Å². The summed E-state index contributed by atoms with van der Waals surface area (Å²) in [5, 5.41) is 0. The van der Waals surface area contributed by atoms with Crippen LogP contribution in [0.2, 0.25) is 0 Å². The highest BCUT2D eigenvalue weighted by Crippen LogP contribution is 2.41. The highest BCUT2D eigenvalue weighted by Gasteiger charge is 2.46. The number of anilines is 1. The molecular weight excluding hydrogens is 359 g/mol. The van der Waals surface area contributed by atoms with Gasteiger partial charge < -0.3 is 15.2 Å². The predicted octanol–water partition coefficient (Wildman–Crippen LogP) is 4.40. The molecule has 0 amide bonds. The molecule has 0 radical (unpaired) electrons. The molecule has 1 heterocycles. The zero-order valence-corrected chi connectivity index (χ0v) is 14.8. The lowest BCUT2D eigenvalue weighted by Crippen LogP contribution is -2.37. The number of aromatic nitrogens is 2. The van der Waals surface area contributed by atoms with Gasteiger partial charge in [0.05, 0.1) is 7.11 Å². The molecule has 2 aromatic rings. The van der Waals surface area contributed by atoms with E-state index in [9.17, 15) is 13.2 Å². The molecule has 0 fully saturated rings. The van der Waals surface area contributed by atoms with Crippen LogP contribution in [0.3, 0.4) is 0 Å². The summed E-state index contributed by atoms with van der Waals surface area (Å²) in [6.07, 6.45) is -3.07. The predicted molar refractivity (Wildman–Crippen MR) is 95.3 cm³/mol. The molecular formula is C19H20F3N3O2. The molecule has 0 saturated carbocycles. The van der Waals surface area contributed by atoms with E-state index in [1.54, 1.807) is 24.3 Å². The van der Waals surface area contributed by atoms with Crippen LogP contribution in [0.4, 0.5) is 19.1 Å². The number of hydrogen-bond acceptors (Lipinski definition) is 5. The van der Waals surface area contributed by atoms with E-state index in [0.29, 0.717) is 36.1 Å². The second-order valence-electron chi connectivity index (χ2n) is 6.24. The second kappa shape index (κ2) is 7.85. The standard InChI is InChI=1S/C19H20F3N3O2/c1-26-13-6-4-5-12(11-13)14-7-2-3-8-15(14)17(19(20,21)22)27-16-9-10-24-18(23)25-16/h4-6,9-11,17H,2-3,7-8H2,1H3,(H2,23,24,25). The van der Waals surface area contributed by atoms with Crippen molar-refractivity contribution in [1.82, 2.24) is 9.97 Å². The Bertz CT molecular complexity index is 837. The first-order valence-corrected chi connectivity index (χ1v) is 8.56. The Morgan fingerprint density at radius 1 is 1.15 bits per heavy atom. The van der Waals surface area contributed by atoms with Gasteiger partial charge in [0.2, 0.25) is 17.9 Å². The molecule has 1 unspecified atom stereocenters. The normalized spacial score (nSPS) is 16.1. The van der Waals surface area contributed by atoms with Crippen LogP contribution in [0, 0.1) is 0 Å². The van der Waals surface area contributed by atoms with Crippen molar-refractivity contribution in [2.75, 3.05) is 12.8 Å². The van der Waals surface area contributed by atoms with E-state index in [1.807, 2.05) is 0 Å². The molecule has 8 heteroatoms. The van der Waals surface area contributed by atoms with Crippen LogP contribution in [-0.4, -0.2) is 29.4 Å². The molecule has 1 aliphatic rings. The van der Waals surface area contributed by atoms with Gasteiger partial charge in [0, 0.05) is 12.3 Å². The van der Waals surface area contributed by atoms with Crippen molar-refractivity contribution in [1.29, 1.82) is 0 Å². The lowest BCUT2D eigenvalue weighted by atomic mass is 9.84. The van der Waals surface area contributed by atoms with Crippen molar-refractivity contribution in [3.05, 3.63) is 47.7 Å². The first-order valence-electron chi connectivity index (χ1n) is 8.56. The van der Waals surface area contributed by atoms with Gasteiger partial charge in [-0.1, -0.05) is 12.1 Å². The van der Waals surface area contributed by atoms with E-state index in [2.05, 4.69) is 9.97 Å². The highest BCUT2D eigenvalue weighted by atomic mass is 19.4. The zero-order valence-electron chi connectivity index (χ0n) is 14.8. The molecule has 0 saturated heterocycles. The van der Waals surface area contributed by atoms with Crippen molar-refractivity contribution >= 4 is 11.5 Å². The van der Waals surface area contributed by atoms with E-state index in [4.69, 9.17) is 15.2 Å². The third kappa shape index (κ3) is 4.50. The Morgan fingerprint density at radius 3 is 2.63 bits per heavy atom. The van der Waals surface area contributed by atoms with Gasteiger partial charge in [-0.2, -0.15) is 18.2 Å². The van der Waals surface area contributed by atoms with Crippen LogP contribution in [0.1, 0.15) is 31.2 Å². The molecule has 5 nitrogen and oxygen atoms in total. The van der Waals surface area contributed by atoms with Gasteiger partial charge >= 0.3 is 6.18 Å². The molecule has 3 rings (SSSR count). The lowest BCUT2D eigenvalue weighted by Gasteiger charge is -2.29. The molecule has 1 aromatic heterocycles. The zero-order chi connectivity index (χ0) is 19.4. The minimum atomic E-state index is -4.59. The quantitative estimate of drug-likeness (QED) is 0.834. The van der Waals surface area contributed by atoms with E-state index in [0.717, 1.165) is 6.42 Å². The number of rotatable bonds is 5. The van der Waals surface area contributed by atoms with Crippen LogP contribution in [-0.2, 0) is 0 Å². The van der Waals surface area contributed by atoms with Crippen molar-refractivity contribution in [3.8, 4) is 11.6 Å². The smallest absolute Gasteiger partial charge is 0.429 e. The van der Waals surface area contributed by atoms with Crippen molar-refractivity contribution < 1.29 is 22.6 Å². The van der Waals surface area contributed by atoms with Crippen molar-refractivity contribution in [3.63, 3.8) is 0 Å². The van der Waals surface area contributed by atoms with Gasteiger partial charge in [-0.15, -0.1) is 0 Å². The van der Waals surface area contributed by atoms with Crippen molar-refractivity contribution in [2.45, 2.75) is 38.0 Å². The Kier molecular flexibility index (Phi) is 5.53. The van der Waals surface area contributed by atoms with Crippen LogP contribution < -0.4 is 15.2 Å². The number of alkyl halides is 3. The summed E-state index contributed by atoms with van der Waals surface area (Å²) in [6.45, 7) is 0. The van der Waals surface area contributed by atoms with Gasteiger partial charge in [0.25, 0.3) is 0 Å². The monoisotopic (exact) mass is 379 g/mol. The first kappa shape index (κ1) is 19.0. The van der Waals surface area contributed by atoms with Crippen molar-refractivity contribution in [2.24, 2.45) is 0 Å². The molecule has 1 atom stereocenters. The number of nitrogen functional groups attached to an aromatic ring is 1. The number of halogens is 3. The van der Waals surface area contributed by atoms with Crippen LogP contribution in [0.15, 0.2) is 42.1 Å². The molecule has 0 spiro atoms. The first-order chi connectivity index (χ1) is 12.9. The number of nitrogens with two attached hydrogens (primary N) is 1. The second-order valence-corrected chi connectivity index (χ2v) is 6.24. The van der Waals surface area contributed by atoms with E-state index in [-0.39, 0.29) is 17.4 Å². The average molecular weight is 379 g/mol. The molecule has 2 N–H and O–H groups in total. The number of nitrogens with zero attached hydrogens (tertiary/aromatic N) is 2. The molecule has 27 heavy (non-hydrogen) atoms. The number of methoxy groups -OCH3 is 1. The number of allylic oxidation sites excluding steroid dienone is 1. The fourth-order valence-electron chi connectivity index (χ4n) is 3.24. The van der Waals surface area contributed by atoms with E-state index in [1.165, 1.54) is 19.4 Å². The number of hydrogen-bond donors (Lipinski definition) is 1. The van der Waals surface area contributed by atoms with E-state index >= 15 is 0 Å². The van der Waals surface area contributed by atoms with Gasteiger partial charge in [0.15, 0.2) is 0 Å². The van der Waals surface area contributed by atoms with Gasteiger partial charge in [-0.25, -0.2) is 4.98 Å². The maximum Gasteiger partial charge on any atom is 0.429 e. The molecule has 144 valence electrons. The largest absolute Gasteiger partial charge is 0.497 e. The molecule has 1 aromatic carbocycles. The average Bonchev–Trinajstić information content (AvgIpc) is 2.65. The molecule has 1 aliphatic carbocycles. The summed E-state index contributed by atoms with van der Waals surface area (Å²) in [7, 11) is 1.52. The van der Waals surface area contributed by atoms with Gasteiger partial charge in [0.1, 0.15) is 5.75 Å². The summed E-state index contributed by atoms with van der Waals surface area (Å²) in [5.41, 5.74) is 7.04. The summed E-state index contributed by atoms with van der Waals surface area (Å²) < 4.78 is 52.1. The lowest BCUT2D eigenvalue weighted by molar-refractivity contribution is -0.184. The van der Waals surface area contributed by atoms with Crippen LogP contribution in [0.5, 0.6) is 11.6 Å².